The molecular weight excluding hydrogens is 308 g/mol. The molecule has 1 aromatic heterocycles. The van der Waals surface area contributed by atoms with Crippen LogP contribution >= 0.6 is 11.3 Å². The van der Waals surface area contributed by atoms with Crippen molar-refractivity contribution < 1.29 is 13.2 Å². The highest BCUT2D eigenvalue weighted by atomic mass is 32.2. The third-order valence-corrected chi connectivity index (χ3v) is 6.89. The Kier molecular flexibility index (Phi) is 4.38. The summed E-state index contributed by atoms with van der Waals surface area (Å²) < 4.78 is 33.9. The first-order chi connectivity index (χ1) is 10.0. The second-order valence-corrected chi connectivity index (χ2v) is 8.88. The van der Waals surface area contributed by atoms with Crippen molar-refractivity contribution in [2.75, 3.05) is 13.7 Å². The Morgan fingerprint density at radius 1 is 1.38 bits per heavy atom. The lowest BCUT2D eigenvalue weighted by atomic mass is 10.1. The van der Waals surface area contributed by atoms with Crippen LogP contribution < -0.4 is 10.0 Å². The Hall–Kier alpha value is -0.470. The summed E-state index contributed by atoms with van der Waals surface area (Å²) in [7, 11) is -1.60. The van der Waals surface area contributed by atoms with E-state index in [4.69, 9.17) is 4.74 Å². The second kappa shape index (κ2) is 5.96. The fourth-order valence-corrected chi connectivity index (χ4v) is 5.87. The summed E-state index contributed by atoms with van der Waals surface area (Å²) in [5.74, 6) is 0.545. The molecule has 3 rings (SSSR count). The monoisotopic (exact) mass is 330 g/mol. The molecule has 0 spiro atoms. The standard InChI is InChI=1S/C14H22N2O3S2/c1-9-13(7-11(20-9)8-15-2)21(17,18)16-12-5-6-19-14(12)10-3-4-10/h7,10,12,14-16H,3-6,8H2,1-2H3. The van der Waals surface area contributed by atoms with Crippen LogP contribution in [0.3, 0.4) is 0 Å². The van der Waals surface area contributed by atoms with Gasteiger partial charge in [-0.1, -0.05) is 0 Å². The lowest BCUT2D eigenvalue weighted by molar-refractivity contribution is 0.0848. The molecule has 1 aliphatic carbocycles. The number of ether oxygens (including phenoxy) is 1. The van der Waals surface area contributed by atoms with Gasteiger partial charge in [0.05, 0.1) is 17.0 Å². The Bertz CT molecular complexity index is 608. The number of sulfonamides is 1. The first kappa shape index (κ1) is 15.4. The fraction of sp³-hybridized carbons (Fsp3) is 0.714. The van der Waals surface area contributed by atoms with Crippen LogP contribution in [0.5, 0.6) is 0 Å². The Balaban J connectivity index is 1.76. The Morgan fingerprint density at radius 3 is 2.81 bits per heavy atom. The summed E-state index contributed by atoms with van der Waals surface area (Å²) in [5, 5.41) is 3.05. The van der Waals surface area contributed by atoms with E-state index in [2.05, 4.69) is 10.0 Å². The van der Waals surface area contributed by atoms with Crippen molar-refractivity contribution in [2.24, 2.45) is 5.92 Å². The van der Waals surface area contributed by atoms with Gasteiger partial charge in [-0.05, 0) is 45.2 Å². The number of thiophene rings is 1. The molecule has 1 saturated heterocycles. The molecule has 0 radical (unpaired) electrons. The molecule has 0 amide bonds. The van der Waals surface area contributed by atoms with Gasteiger partial charge in [0.1, 0.15) is 0 Å². The van der Waals surface area contributed by atoms with Gasteiger partial charge in [-0.25, -0.2) is 13.1 Å². The van der Waals surface area contributed by atoms with E-state index in [9.17, 15) is 8.42 Å². The van der Waals surface area contributed by atoms with Gasteiger partial charge in [0.2, 0.25) is 10.0 Å². The maximum atomic E-state index is 12.6. The summed E-state index contributed by atoms with van der Waals surface area (Å²) in [4.78, 5) is 2.30. The minimum Gasteiger partial charge on any atom is -0.376 e. The fourth-order valence-electron chi connectivity index (χ4n) is 2.94. The molecule has 2 N–H and O–H groups in total. The van der Waals surface area contributed by atoms with Gasteiger partial charge < -0.3 is 10.1 Å². The van der Waals surface area contributed by atoms with Crippen molar-refractivity contribution >= 4 is 21.4 Å². The molecule has 2 aliphatic rings. The van der Waals surface area contributed by atoms with Crippen LogP contribution in [0, 0.1) is 12.8 Å². The maximum absolute atomic E-state index is 12.6. The van der Waals surface area contributed by atoms with E-state index in [1.165, 1.54) is 11.3 Å². The van der Waals surface area contributed by atoms with Crippen LogP contribution in [-0.4, -0.2) is 34.2 Å². The molecule has 1 aromatic rings. The zero-order valence-electron chi connectivity index (χ0n) is 12.4. The van der Waals surface area contributed by atoms with E-state index in [0.29, 0.717) is 24.0 Å². The highest BCUT2D eigenvalue weighted by molar-refractivity contribution is 7.89. The largest absolute Gasteiger partial charge is 0.376 e. The molecule has 2 unspecified atom stereocenters. The van der Waals surface area contributed by atoms with E-state index < -0.39 is 10.0 Å². The zero-order valence-corrected chi connectivity index (χ0v) is 14.0. The molecule has 7 heteroatoms. The van der Waals surface area contributed by atoms with Crippen molar-refractivity contribution in [3.63, 3.8) is 0 Å². The van der Waals surface area contributed by atoms with Crippen molar-refractivity contribution in [1.82, 2.24) is 10.0 Å². The average molecular weight is 330 g/mol. The number of rotatable bonds is 6. The molecule has 2 fully saturated rings. The molecule has 2 heterocycles. The molecule has 1 saturated carbocycles. The minimum atomic E-state index is -3.46. The molecule has 0 bridgehead atoms. The van der Waals surface area contributed by atoms with Crippen molar-refractivity contribution in [1.29, 1.82) is 0 Å². The van der Waals surface area contributed by atoms with Crippen LogP contribution in [0.2, 0.25) is 0 Å². The smallest absolute Gasteiger partial charge is 0.242 e. The highest BCUT2D eigenvalue weighted by Gasteiger charge is 2.42. The molecule has 118 valence electrons. The van der Waals surface area contributed by atoms with Gasteiger partial charge in [-0.3, -0.25) is 0 Å². The van der Waals surface area contributed by atoms with Gasteiger partial charge in [0.25, 0.3) is 0 Å². The molecule has 2 atom stereocenters. The van der Waals surface area contributed by atoms with E-state index in [1.54, 1.807) is 6.07 Å². The first-order valence-corrected chi connectivity index (χ1v) is 9.69. The molecular formula is C14H22N2O3S2. The number of aryl methyl sites for hydroxylation is 1. The Morgan fingerprint density at radius 2 is 2.14 bits per heavy atom. The second-order valence-electron chi connectivity index (χ2n) is 5.85. The lowest BCUT2D eigenvalue weighted by Gasteiger charge is -2.19. The van der Waals surface area contributed by atoms with Gasteiger partial charge in [0, 0.05) is 22.9 Å². The van der Waals surface area contributed by atoms with Gasteiger partial charge >= 0.3 is 0 Å². The van der Waals surface area contributed by atoms with Crippen molar-refractivity contribution in [3.05, 3.63) is 15.8 Å². The third-order valence-electron chi connectivity index (χ3n) is 4.09. The van der Waals surface area contributed by atoms with E-state index in [-0.39, 0.29) is 12.1 Å². The maximum Gasteiger partial charge on any atom is 0.242 e. The summed E-state index contributed by atoms with van der Waals surface area (Å²) in [6.45, 7) is 3.21. The van der Waals surface area contributed by atoms with E-state index in [0.717, 1.165) is 29.0 Å². The normalized spacial score (nSPS) is 26.4. The summed E-state index contributed by atoms with van der Waals surface area (Å²) in [6, 6.07) is 1.70. The lowest BCUT2D eigenvalue weighted by Crippen LogP contribution is -2.41. The number of hydrogen-bond acceptors (Lipinski definition) is 5. The topological polar surface area (TPSA) is 67.4 Å². The van der Waals surface area contributed by atoms with Crippen LogP contribution in [0.4, 0.5) is 0 Å². The van der Waals surface area contributed by atoms with Gasteiger partial charge in [0.15, 0.2) is 0 Å². The molecule has 1 aliphatic heterocycles. The third kappa shape index (κ3) is 3.32. The molecule has 0 aromatic carbocycles. The van der Waals surface area contributed by atoms with Crippen LogP contribution in [0.15, 0.2) is 11.0 Å². The Labute approximate surface area is 130 Å². The zero-order chi connectivity index (χ0) is 15.0. The predicted octanol–water partition coefficient (Wildman–Crippen LogP) is 1.62. The van der Waals surface area contributed by atoms with Crippen LogP contribution in [0.1, 0.15) is 29.0 Å². The number of nitrogens with one attached hydrogen (secondary N) is 2. The summed E-state index contributed by atoms with van der Waals surface area (Å²) >= 11 is 1.53. The minimum absolute atomic E-state index is 0.0653. The van der Waals surface area contributed by atoms with Gasteiger partial charge in [-0.15, -0.1) is 11.3 Å². The predicted molar refractivity (Wildman–Crippen MR) is 83.0 cm³/mol. The SMILES string of the molecule is CNCc1cc(S(=O)(=O)NC2CCOC2C2CC2)c(C)s1. The highest BCUT2D eigenvalue weighted by Crippen LogP contribution is 2.39. The number of hydrogen-bond donors (Lipinski definition) is 2. The summed E-state index contributed by atoms with van der Waals surface area (Å²) in [5.41, 5.74) is 0. The quantitative estimate of drug-likeness (QED) is 0.832. The average Bonchev–Trinajstić information content (AvgIpc) is 3.04. The van der Waals surface area contributed by atoms with Crippen LogP contribution in [0.25, 0.3) is 0 Å². The molecule has 5 nitrogen and oxygen atoms in total. The van der Waals surface area contributed by atoms with E-state index >= 15 is 0 Å². The first-order valence-electron chi connectivity index (χ1n) is 7.39. The van der Waals surface area contributed by atoms with Crippen molar-refractivity contribution in [3.8, 4) is 0 Å². The van der Waals surface area contributed by atoms with E-state index in [1.807, 2.05) is 14.0 Å². The molecule has 21 heavy (non-hydrogen) atoms. The summed E-state index contributed by atoms with van der Waals surface area (Å²) in [6.07, 6.45) is 3.15. The van der Waals surface area contributed by atoms with Crippen molar-refractivity contribution in [2.45, 2.75) is 49.8 Å². The van der Waals surface area contributed by atoms with Gasteiger partial charge in [-0.2, -0.15) is 0 Å². The van der Waals surface area contributed by atoms with Crippen LogP contribution in [-0.2, 0) is 21.3 Å².